The van der Waals surface area contributed by atoms with Gasteiger partial charge in [0.25, 0.3) is 0 Å². The van der Waals surface area contributed by atoms with Crippen LogP contribution in [0.4, 0.5) is 5.69 Å². The molecule has 0 aliphatic rings. The topological polar surface area (TPSA) is 49.3 Å². The molecule has 1 unspecified atom stereocenters. The molecule has 2 aromatic carbocycles. The largest absolute Gasteiger partial charge is 0.481 e. The van der Waals surface area contributed by atoms with Crippen molar-refractivity contribution in [1.82, 2.24) is 0 Å². The van der Waals surface area contributed by atoms with E-state index in [2.05, 4.69) is 5.32 Å². The van der Waals surface area contributed by atoms with Crippen LogP contribution in [0.1, 0.15) is 11.5 Å². The highest BCUT2D eigenvalue weighted by Gasteiger charge is 2.19. The standard InChI is InChI=1S/C15H13Cl2NO2/c16-11-6-7-13(17)14(8-11)18-9-12(15(19)20)10-4-2-1-3-5-10/h1-8,12,18H,9H2,(H,19,20). The van der Waals surface area contributed by atoms with E-state index in [4.69, 9.17) is 23.2 Å². The molecule has 0 fully saturated rings. The Morgan fingerprint density at radius 3 is 2.50 bits per heavy atom. The van der Waals surface area contributed by atoms with Crippen molar-refractivity contribution in [2.45, 2.75) is 5.92 Å². The van der Waals surface area contributed by atoms with Crippen LogP contribution in [0, 0.1) is 0 Å². The van der Waals surface area contributed by atoms with Gasteiger partial charge in [0.2, 0.25) is 0 Å². The van der Waals surface area contributed by atoms with Crippen LogP contribution < -0.4 is 5.32 Å². The summed E-state index contributed by atoms with van der Waals surface area (Å²) >= 11 is 11.9. The van der Waals surface area contributed by atoms with E-state index in [1.165, 1.54) is 0 Å². The number of rotatable bonds is 5. The quantitative estimate of drug-likeness (QED) is 0.867. The maximum Gasteiger partial charge on any atom is 0.312 e. The summed E-state index contributed by atoms with van der Waals surface area (Å²) in [6, 6.07) is 14.1. The van der Waals surface area contributed by atoms with Crippen LogP contribution in [0.3, 0.4) is 0 Å². The molecule has 2 N–H and O–H groups in total. The second-order valence-electron chi connectivity index (χ2n) is 4.31. The molecule has 0 aromatic heterocycles. The summed E-state index contributed by atoms with van der Waals surface area (Å²) in [7, 11) is 0. The van der Waals surface area contributed by atoms with Crippen LogP contribution >= 0.6 is 23.2 Å². The summed E-state index contributed by atoms with van der Waals surface area (Å²) in [4.78, 5) is 11.4. The third kappa shape index (κ3) is 3.65. The zero-order valence-electron chi connectivity index (χ0n) is 10.5. The van der Waals surface area contributed by atoms with E-state index in [9.17, 15) is 9.90 Å². The zero-order chi connectivity index (χ0) is 14.5. The molecule has 104 valence electrons. The molecule has 0 heterocycles. The molecule has 0 saturated carbocycles. The van der Waals surface area contributed by atoms with E-state index in [0.29, 0.717) is 15.7 Å². The fourth-order valence-electron chi connectivity index (χ4n) is 1.88. The molecule has 2 rings (SSSR count). The number of carboxylic acids is 1. The van der Waals surface area contributed by atoms with Gasteiger partial charge in [-0.2, -0.15) is 0 Å². The average Bonchev–Trinajstić information content (AvgIpc) is 2.43. The van der Waals surface area contributed by atoms with Gasteiger partial charge < -0.3 is 10.4 Å². The van der Waals surface area contributed by atoms with Gasteiger partial charge in [-0.3, -0.25) is 4.79 Å². The lowest BCUT2D eigenvalue weighted by molar-refractivity contribution is -0.138. The van der Waals surface area contributed by atoms with Crippen molar-refractivity contribution < 1.29 is 9.90 Å². The maximum atomic E-state index is 11.4. The summed E-state index contributed by atoms with van der Waals surface area (Å²) in [6.45, 7) is 0.236. The summed E-state index contributed by atoms with van der Waals surface area (Å²) in [5.74, 6) is -1.53. The molecule has 0 aliphatic carbocycles. The van der Waals surface area contributed by atoms with Crippen molar-refractivity contribution in [2.24, 2.45) is 0 Å². The molecule has 0 bridgehead atoms. The highest BCUT2D eigenvalue weighted by atomic mass is 35.5. The van der Waals surface area contributed by atoms with Crippen LogP contribution in [0.5, 0.6) is 0 Å². The van der Waals surface area contributed by atoms with Crippen LogP contribution in [0.15, 0.2) is 48.5 Å². The molecule has 0 amide bonds. The molecule has 5 heteroatoms. The van der Waals surface area contributed by atoms with Crippen molar-refractivity contribution in [3.8, 4) is 0 Å². The van der Waals surface area contributed by atoms with E-state index >= 15 is 0 Å². The lowest BCUT2D eigenvalue weighted by Crippen LogP contribution is -2.21. The minimum absolute atomic E-state index is 0.236. The highest BCUT2D eigenvalue weighted by Crippen LogP contribution is 2.26. The highest BCUT2D eigenvalue weighted by molar-refractivity contribution is 6.35. The number of nitrogens with one attached hydrogen (secondary N) is 1. The zero-order valence-corrected chi connectivity index (χ0v) is 12.0. The molecule has 0 aliphatic heterocycles. The normalized spacial score (nSPS) is 11.9. The summed E-state index contributed by atoms with van der Waals surface area (Å²) in [5, 5.41) is 13.4. The third-order valence-electron chi connectivity index (χ3n) is 2.93. The van der Waals surface area contributed by atoms with Crippen LogP contribution in [-0.4, -0.2) is 17.6 Å². The van der Waals surface area contributed by atoms with E-state index in [-0.39, 0.29) is 6.54 Å². The number of hydrogen-bond acceptors (Lipinski definition) is 2. The maximum absolute atomic E-state index is 11.4. The van der Waals surface area contributed by atoms with E-state index in [0.717, 1.165) is 5.56 Å². The Kier molecular flexibility index (Phi) is 4.88. The van der Waals surface area contributed by atoms with E-state index in [1.54, 1.807) is 30.3 Å². The smallest absolute Gasteiger partial charge is 0.312 e. The number of anilines is 1. The molecular formula is C15H13Cl2NO2. The molecular weight excluding hydrogens is 297 g/mol. The Morgan fingerprint density at radius 1 is 1.15 bits per heavy atom. The van der Waals surface area contributed by atoms with Gasteiger partial charge in [0.1, 0.15) is 0 Å². The third-order valence-corrected chi connectivity index (χ3v) is 3.49. The van der Waals surface area contributed by atoms with Crippen molar-refractivity contribution in [1.29, 1.82) is 0 Å². The molecule has 20 heavy (non-hydrogen) atoms. The minimum Gasteiger partial charge on any atom is -0.481 e. The number of carbonyl (C=O) groups is 1. The van der Waals surface area contributed by atoms with Crippen molar-refractivity contribution in [3.05, 3.63) is 64.1 Å². The molecule has 3 nitrogen and oxygen atoms in total. The van der Waals surface area contributed by atoms with Crippen LogP contribution in [-0.2, 0) is 4.79 Å². The number of aliphatic carboxylic acids is 1. The van der Waals surface area contributed by atoms with Crippen molar-refractivity contribution >= 4 is 34.9 Å². The Balaban J connectivity index is 2.14. The summed E-state index contributed by atoms with van der Waals surface area (Å²) < 4.78 is 0. The van der Waals surface area contributed by atoms with E-state index < -0.39 is 11.9 Å². The number of halogens is 2. The molecule has 1 atom stereocenters. The first-order valence-corrected chi connectivity index (χ1v) is 6.80. The van der Waals surface area contributed by atoms with Crippen LogP contribution in [0.25, 0.3) is 0 Å². The average molecular weight is 310 g/mol. The van der Waals surface area contributed by atoms with Gasteiger partial charge in [-0.1, -0.05) is 53.5 Å². The fourth-order valence-corrected chi connectivity index (χ4v) is 2.23. The second kappa shape index (κ2) is 6.64. The molecule has 0 radical (unpaired) electrons. The van der Waals surface area contributed by atoms with Gasteiger partial charge in [-0.15, -0.1) is 0 Å². The summed E-state index contributed by atoms with van der Waals surface area (Å²) in [6.07, 6.45) is 0. The van der Waals surface area contributed by atoms with Gasteiger partial charge in [-0.25, -0.2) is 0 Å². The van der Waals surface area contributed by atoms with Gasteiger partial charge >= 0.3 is 5.97 Å². The SMILES string of the molecule is O=C(O)C(CNc1cc(Cl)ccc1Cl)c1ccccc1. The minimum atomic E-state index is -0.887. The predicted molar refractivity (Wildman–Crippen MR) is 81.8 cm³/mol. The van der Waals surface area contributed by atoms with Crippen molar-refractivity contribution in [2.75, 3.05) is 11.9 Å². The number of hydrogen-bond donors (Lipinski definition) is 2. The molecule has 0 saturated heterocycles. The Hall–Kier alpha value is -1.71. The molecule has 0 spiro atoms. The summed E-state index contributed by atoms with van der Waals surface area (Å²) in [5.41, 5.74) is 1.37. The lowest BCUT2D eigenvalue weighted by Gasteiger charge is -2.15. The lowest BCUT2D eigenvalue weighted by atomic mass is 9.99. The Bertz CT molecular complexity index is 602. The van der Waals surface area contributed by atoms with Crippen LogP contribution in [0.2, 0.25) is 10.0 Å². The monoisotopic (exact) mass is 309 g/mol. The van der Waals surface area contributed by atoms with Gasteiger partial charge in [0, 0.05) is 11.6 Å². The van der Waals surface area contributed by atoms with Gasteiger partial charge in [0.15, 0.2) is 0 Å². The van der Waals surface area contributed by atoms with Gasteiger partial charge in [0.05, 0.1) is 16.6 Å². The number of carboxylic acid groups (broad SMARTS) is 1. The Morgan fingerprint density at radius 2 is 1.85 bits per heavy atom. The second-order valence-corrected chi connectivity index (χ2v) is 5.15. The van der Waals surface area contributed by atoms with E-state index in [1.807, 2.05) is 18.2 Å². The number of benzene rings is 2. The van der Waals surface area contributed by atoms with Crippen molar-refractivity contribution in [3.63, 3.8) is 0 Å². The van der Waals surface area contributed by atoms with Gasteiger partial charge in [-0.05, 0) is 23.8 Å². The first kappa shape index (κ1) is 14.7. The molecule has 2 aromatic rings. The fraction of sp³-hybridized carbons (Fsp3) is 0.133. The first-order chi connectivity index (χ1) is 9.58. The first-order valence-electron chi connectivity index (χ1n) is 6.04. The Labute approximate surface area is 127 Å². The predicted octanol–water partition coefficient (Wildman–Crippen LogP) is 4.27.